The van der Waals surface area contributed by atoms with Crippen LogP contribution in [0, 0.1) is 10.1 Å². The van der Waals surface area contributed by atoms with Gasteiger partial charge in [0.15, 0.2) is 0 Å². The van der Waals surface area contributed by atoms with Crippen LogP contribution in [0.5, 0.6) is 5.75 Å². The van der Waals surface area contributed by atoms with Crippen LogP contribution in [-0.4, -0.2) is 22.6 Å². The Balaban J connectivity index is 1.78. The molecule has 1 aliphatic heterocycles. The van der Waals surface area contributed by atoms with E-state index in [9.17, 15) is 10.1 Å². The van der Waals surface area contributed by atoms with E-state index in [0.717, 1.165) is 10.3 Å². The number of hydrogen-bond acceptors (Lipinski definition) is 6. The molecule has 0 spiro atoms. The molecule has 0 atom stereocenters. The number of para-hydroxylation sites is 1. The lowest BCUT2D eigenvalue weighted by Gasteiger charge is -2.30. The van der Waals surface area contributed by atoms with Crippen LogP contribution in [0.3, 0.4) is 0 Å². The summed E-state index contributed by atoms with van der Waals surface area (Å²) in [5.41, 5.74) is 11.5. The standard InChI is InChI=1S/C18H20N6O3/c1-18(2)23(25)14-8-7-12(9-15(14)24(18)26)11-27-16-6-4-3-5-13(16)10-21-22-17(19)20/h3-10H,11H2,1-2H3,(H4,19,20,22)/b21-10-. The van der Waals surface area contributed by atoms with Crippen LogP contribution in [0.25, 0.3) is 0 Å². The van der Waals surface area contributed by atoms with Crippen molar-refractivity contribution < 1.29 is 9.50 Å². The molecule has 0 fully saturated rings. The molecule has 0 saturated carbocycles. The summed E-state index contributed by atoms with van der Waals surface area (Å²) in [6.07, 6.45) is 1.48. The van der Waals surface area contributed by atoms with Crippen molar-refractivity contribution in [2.45, 2.75) is 26.1 Å². The van der Waals surface area contributed by atoms with Gasteiger partial charge in [-0.3, -0.25) is 0 Å². The van der Waals surface area contributed by atoms with Crippen molar-refractivity contribution in [2.24, 2.45) is 21.7 Å². The highest BCUT2D eigenvalue weighted by molar-refractivity contribution is 5.84. The average molecular weight is 368 g/mol. The maximum Gasteiger partial charge on any atom is 0.281 e. The molecule has 3 rings (SSSR count). The first-order chi connectivity index (χ1) is 12.8. The van der Waals surface area contributed by atoms with E-state index < -0.39 is 5.66 Å². The first-order valence-corrected chi connectivity index (χ1v) is 8.22. The molecule has 1 heterocycles. The summed E-state index contributed by atoms with van der Waals surface area (Å²) in [6.45, 7) is 3.37. The van der Waals surface area contributed by atoms with Crippen LogP contribution in [0.2, 0.25) is 0 Å². The molecule has 0 aromatic heterocycles. The minimum absolute atomic E-state index is 0.139. The van der Waals surface area contributed by atoms with Crippen LogP contribution in [-0.2, 0) is 6.61 Å². The number of fused-ring (bicyclic) bond motifs is 1. The average Bonchev–Trinajstić information content (AvgIpc) is 2.81. The van der Waals surface area contributed by atoms with E-state index in [1.165, 1.54) is 6.21 Å². The molecule has 9 heteroatoms. The van der Waals surface area contributed by atoms with E-state index >= 15 is 0 Å². The molecule has 0 radical (unpaired) electrons. The molecule has 27 heavy (non-hydrogen) atoms. The van der Waals surface area contributed by atoms with Gasteiger partial charge in [-0.2, -0.15) is 5.10 Å². The lowest BCUT2D eigenvalue weighted by atomic mass is 10.2. The van der Waals surface area contributed by atoms with Gasteiger partial charge in [-0.05, 0) is 29.8 Å². The second kappa shape index (κ2) is 7.04. The topological polar surface area (TPSA) is 132 Å². The molecule has 4 N–H and O–H groups in total. The van der Waals surface area contributed by atoms with Crippen LogP contribution < -0.4 is 21.3 Å². The zero-order valence-corrected chi connectivity index (χ0v) is 15.0. The van der Waals surface area contributed by atoms with Crippen molar-refractivity contribution in [3.8, 4) is 5.75 Å². The van der Waals surface area contributed by atoms with Gasteiger partial charge in [0.1, 0.15) is 18.0 Å². The fraction of sp³-hybridized carbons (Fsp3) is 0.222. The van der Waals surface area contributed by atoms with Crippen LogP contribution >= 0.6 is 0 Å². The van der Waals surface area contributed by atoms with E-state index in [1.54, 1.807) is 44.2 Å². The molecule has 1 aliphatic rings. The number of rotatable bonds is 5. The lowest BCUT2D eigenvalue weighted by molar-refractivity contribution is -0.532. The molecule has 0 amide bonds. The Morgan fingerprint density at radius 3 is 2.78 bits per heavy atom. The van der Waals surface area contributed by atoms with Gasteiger partial charge in [-0.25, -0.2) is 0 Å². The van der Waals surface area contributed by atoms with E-state index in [4.69, 9.17) is 16.2 Å². The number of nitrogens with two attached hydrogens (primary N) is 2. The highest BCUT2D eigenvalue weighted by atomic mass is 16.5. The predicted octanol–water partition coefficient (Wildman–Crippen LogP) is 2.34. The Hall–Kier alpha value is -3.46. The Kier molecular flexibility index (Phi) is 4.78. The monoisotopic (exact) mass is 368 g/mol. The number of anilines is 1. The quantitative estimate of drug-likeness (QED) is 0.360. The maximum absolute atomic E-state index is 12.4. The Bertz CT molecular complexity index is 934. The van der Waals surface area contributed by atoms with Gasteiger partial charge in [0.05, 0.1) is 11.0 Å². The largest absolute Gasteiger partial charge is 0.753 e. The summed E-state index contributed by atoms with van der Waals surface area (Å²) in [7, 11) is 0. The molecular weight excluding hydrogens is 348 g/mol. The van der Waals surface area contributed by atoms with E-state index in [0.29, 0.717) is 27.8 Å². The summed E-state index contributed by atoms with van der Waals surface area (Å²) < 4.78 is 6.56. The number of nitroso groups, excluding NO2 is 1. The third-order valence-electron chi connectivity index (χ3n) is 4.15. The maximum atomic E-state index is 12.4. The molecule has 2 aromatic carbocycles. The summed E-state index contributed by atoms with van der Waals surface area (Å²) in [5, 5.41) is 20.4. The Labute approximate surface area is 156 Å². The van der Waals surface area contributed by atoms with Crippen molar-refractivity contribution in [2.75, 3.05) is 5.06 Å². The number of nitrogens with zero attached hydrogens (tertiary/aromatic N) is 4. The van der Waals surface area contributed by atoms with Gasteiger partial charge >= 0.3 is 0 Å². The molecule has 0 bridgehead atoms. The van der Waals surface area contributed by atoms with Crippen molar-refractivity contribution in [1.82, 2.24) is 0 Å². The highest BCUT2D eigenvalue weighted by Gasteiger charge is 2.48. The molecule has 0 aliphatic carbocycles. The number of guanidine groups is 1. The molecule has 2 aromatic rings. The van der Waals surface area contributed by atoms with Gasteiger partial charge in [-0.1, -0.05) is 12.1 Å². The first kappa shape index (κ1) is 18.3. The van der Waals surface area contributed by atoms with E-state index in [-0.39, 0.29) is 12.6 Å². The summed E-state index contributed by atoms with van der Waals surface area (Å²) >= 11 is 0. The van der Waals surface area contributed by atoms with Gasteiger partial charge in [0.25, 0.3) is 11.4 Å². The lowest BCUT2D eigenvalue weighted by Crippen LogP contribution is -2.41. The van der Waals surface area contributed by atoms with Crippen molar-refractivity contribution in [3.05, 3.63) is 63.7 Å². The molecule has 140 valence electrons. The second-order valence-corrected chi connectivity index (χ2v) is 6.50. The minimum Gasteiger partial charge on any atom is -0.753 e. The number of hydrogen-bond donors (Lipinski definition) is 2. The zero-order chi connectivity index (χ0) is 19.6. The normalized spacial score (nSPS) is 15.1. The summed E-state index contributed by atoms with van der Waals surface area (Å²) in [6, 6.07) is 12.3. The van der Waals surface area contributed by atoms with Crippen LogP contribution in [0.1, 0.15) is 25.0 Å². The van der Waals surface area contributed by atoms with Gasteiger partial charge in [0, 0.05) is 30.4 Å². The smallest absolute Gasteiger partial charge is 0.281 e. The molecule has 9 nitrogen and oxygen atoms in total. The van der Waals surface area contributed by atoms with E-state index in [2.05, 4.69) is 10.2 Å². The van der Waals surface area contributed by atoms with Crippen LogP contribution in [0.15, 0.2) is 52.7 Å². The minimum atomic E-state index is -1.17. The van der Waals surface area contributed by atoms with Crippen molar-refractivity contribution >= 4 is 23.5 Å². The second-order valence-electron chi connectivity index (χ2n) is 6.50. The SMILES string of the molecule is CC1(C)N([O-])c2cc(COc3ccccc3/C=N\N=C(N)N)ccc2[N+]1=O. The van der Waals surface area contributed by atoms with E-state index in [1.807, 2.05) is 12.1 Å². The molecule has 0 unspecified atom stereocenters. The summed E-state index contributed by atoms with van der Waals surface area (Å²) in [4.78, 5) is 12.2. The fourth-order valence-corrected chi connectivity index (χ4v) is 2.70. The first-order valence-electron chi connectivity index (χ1n) is 8.22. The van der Waals surface area contributed by atoms with Crippen molar-refractivity contribution in [3.63, 3.8) is 0 Å². The summed E-state index contributed by atoms with van der Waals surface area (Å²) in [5.74, 6) is 0.442. The van der Waals surface area contributed by atoms with Gasteiger partial charge < -0.3 is 26.5 Å². The molecular formula is C18H20N6O3. The zero-order valence-electron chi connectivity index (χ0n) is 15.0. The third kappa shape index (κ3) is 3.58. The Morgan fingerprint density at radius 2 is 2.04 bits per heavy atom. The molecule has 0 saturated heterocycles. The number of ether oxygens (including phenoxy) is 1. The predicted molar refractivity (Wildman–Crippen MR) is 104 cm³/mol. The Morgan fingerprint density at radius 1 is 1.30 bits per heavy atom. The number of benzene rings is 2. The highest BCUT2D eigenvalue weighted by Crippen LogP contribution is 2.43. The number of hydroxylamine groups is 1. The van der Waals surface area contributed by atoms with Crippen molar-refractivity contribution in [1.29, 1.82) is 0 Å². The van der Waals surface area contributed by atoms with Gasteiger partial charge in [-0.15, -0.1) is 5.10 Å². The third-order valence-corrected chi connectivity index (χ3v) is 4.15. The van der Waals surface area contributed by atoms with Gasteiger partial charge in [0.2, 0.25) is 5.96 Å². The van der Waals surface area contributed by atoms with Crippen LogP contribution in [0.4, 0.5) is 11.4 Å². The fourth-order valence-electron chi connectivity index (χ4n) is 2.70.